The largest absolute Gasteiger partial charge is 0.497 e. The first-order chi connectivity index (χ1) is 14.0. The maximum atomic E-state index is 13.3. The molecule has 150 valence electrons. The van der Waals surface area contributed by atoms with Gasteiger partial charge in [0.05, 0.1) is 32.9 Å². The lowest BCUT2D eigenvalue weighted by Gasteiger charge is -2.42. The fraction of sp³-hybridized carbons (Fsp3) is 0.391. The lowest BCUT2D eigenvalue weighted by atomic mass is 9.69. The Morgan fingerprint density at radius 1 is 0.966 bits per heavy atom. The number of carbonyl (C=O) groups is 1. The van der Waals surface area contributed by atoms with Crippen molar-refractivity contribution in [3.63, 3.8) is 0 Å². The number of carbonyl (C=O) groups excluding carboxylic acids is 1. The number of hydrogen-bond acceptors (Lipinski definition) is 5. The van der Waals surface area contributed by atoms with Crippen molar-refractivity contribution in [1.82, 2.24) is 5.32 Å². The highest BCUT2D eigenvalue weighted by atomic mass is 16.5. The van der Waals surface area contributed by atoms with Crippen LogP contribution in [0.15, 0.2) is 36.4 Å². The number of amides is 1. The Labute approximate surface area is 170 Å². The number of piperidine rings is 1. The summed E-state index contributed by atoms with van der Waals surface area (Å²) in [5.74, 6) is 1.78. The molecule has 1 aliphatic carbocycles. The van der Waals surface area contributed by atoms with Gasteiger partial charge in [-0.25, -0.2) is 0 Å². The molecule has 6 nitrogen and oxygen atoms in total. The van der Waals surface area contributed by atoms with E-state index in [1.807, 2.05) is 12.1 Å². The van der Waals surface area contributed by atoms with E-state index in [1.54, 1.807) is 45.6 Å². The maximum absolute atomic E-state index is 13.3. The molecule has 1 heterocycles. The smallest absolute Gasteiger partial charge is 0.245 e. The van der Waals surface area contributed by atoms with Crippen LogP contribution in [-0.4, -0.2) is 27.2 Å². The fourth-order valence-electron chi connectivity index (χ4n) is 4.67. The first kappa shape index (κ1) is 19.1. The van der Waals surface area contributed by atoms with E-state index in [0.29, 0.717) is 35.7 Å². The topological polar surface area (TPSA) is 80.6 Å². The third kappa shape index (κ3) is 2.80. The van der Waals surface area contributed by atoms with Gasteiger partial charge in [0.2, 0.25) is 5.91 Å². The van der Waals surface area contributed by atoms with Crippen LogP contribution in [0.4, 0.5) is 0 Å². The zero-order chi connectivity index (χ0) is 20.6. The van der Waals surface area contributed by atoms with Crippen molar-refractivity contribution in [2.75, 3.05) is 21.3 Å². The molecule has 0 aromatic heterocycles. The monoisotopic (exact) mass is 392 g/mol. The third-order valence-corrected chi connectivity index (χ3v) is 6.39. The summed E-state index contributed by atoms with van der Waals surface area (Å²) >= 11 is 0. The van der Waals surface area contributed by atoms with Crippen LogP contribution in [0, 0.1) is 11.3 Å². The molecule has 1 aliphatic heterocycles. The predicted molar refractivity (Wildman–Crippen MR) is 107 cm³/mol. The van der Waals surface area contributed by atoms with Crippen molar-refractivity contribution >= 4 is 5.91 Å². The number of nitrogens with zero attached hydrogens (tertiary/aromatic N) is 1. The first-order valence-corrected chi connectivity index (χ1v) is 9.66. The van der Waals surface area contributed by atoms with E-state index in [0.717, 1.165) is 24.0 Å². The predicted octanol–water partition coefficient (Wildman–Crippen LogP) is 3.23. The van der Waals surface area contributed by atoms with Gasteiger partial charge in [-0.2, -0.15) is 5.26 Å². The standard InChI is InChI=1S/C23H24N2O4/c1-27-17-6-4-16(5-7-17)22(14-24)10-11-23(25-21(22)26)9-8-15-12-19(28-2)20(29-3)13-18(15)23/h4-7,12-13H,8-11H2,1-3H3,(H,25,26). The second kappa shape index (κ2) is 7.00. The Kier molecular flexibility index (Phi) is 4.62. The number of benzene rings is 2. The summed E-state index contributed by atoms with van der Waals surface area (Å²) in [7, 11) is 4.82. The first-order valence-electron chi connectivity index (χ1n) is 9.66. The van der Waals surface area contributed by atoms with E-state index >= 15 is 0 Å². The average Bonchev–Trinajstić information content (AvgIpc) is 3.10. The summed E-state index contributed by atoms with van der Waals surface area (Å²) in [5.41, 5.74) is 1.23. The number of hydrogen-bond donors (Lipinski definition) is 1. The van der Waals surface area contributed by atoms with Gasteiger partial charge < -0.3 is 19.5 Å². The van der Waals surface area contributed by atoms with Crippen LogP contribution in [0.2, 0.25) is 0 Å². The van der Waals surface area contributed by atoms with Crippen molar-refractivity contribution in [1.29, 1.82) is 5.26 Å². The van der Waals surface area contributed by atoms with Crippen LogP contribution in [0.5, 0.6) is 17.2 Å². The van der Waals surface area contributed by atoms with Crippen molar-refractivity contribution in [3.8, 4) is 23.3 Å². The van der Waals surface area contributed by atoms with Crippen molar-refractivity contribution in [2.45, 2.75) is 36.6 Å². The zero-order valence-corrected chi connectivity index (χ0v) is 16.9. The van der Waals surface area contributed by atoms with E-state index in [4.69, 9.17) is 14.2 Å². The van der Waals surface area contributed by atoms with Gasteiger partial charge in [-0.15, -0.1) is 0 Å². The highest BCUT2D eigenvalue weighted by Crippen LogP contribution is 2.49. The van der Waals surface area contributed by atoms with E-state index in [1.165, 1.54) is 0 Å². The molecule has 2 aromatic carbocycles. The summed E-state index contributed by atoms with van der Waals surface area (Å²) < 4.78 is 16.1. The summed E-state index contributed by atoms with van der Waals surface area (Å²) in [5, 5.41) is 13.2. The second-order valence-corrected chi connectivity index (χ2v) is 7.65. The molecule has 1 spiro atoms. The molecule has 1 amide bonds. The molecule has 6 heteroatoms. The minimum atomic E-state index is -1.20. The van der Waals surface area contributed by atoms with Crippen LogP contribution >= 0.6 is 0 Å². The van der Waals surface area contributed by atoms with Crippen LogP contribution in [-0.2, 0) is 22.2 Å². The summed E-state index contributed by atoms with van der Waals surface area (Å²) in [6.07, 6.45) is 2.78. The van der Waals surface area contributed by atoms with Gasteiger partial charge in [0.15, 0.2) is 16.9 Å². The highest BCUT2D eigenvalue weighted by molar-refractivity contribution is 5.93. The molecule has 4 rings (SSSR count). The lowest BCUT2D eigenvalue weighted by molar-refractivity contribution is -0.130. The van der Waals surface area contributed by atoms with Gasteiger partial charge >= 0.3 is 0 Å². The number of nitriles is 1. The molecule has 2 atom stereocenters. The third-order valence-electron chi connectivity index (χ3n) is 6.39. The van der Waals surface area contributed by atoms with Gasteiger partial charge in [-0.3, -0.25) is 4.79 Å². The van der Waals surface area contributed by atoms with Gasteiger partial charge in [0.1, 0.15) is 5.75 Å². The molecular weight excluding hydrogens is 368 g/mol. The van der Waals surface area contributed by atoms with E-state index in [9.17, 15) is 10.1 Å². The molecule has 2 unspecified atom stereocenters. The van der Waals surface area contributed by atoms with Gasteiger partial charge in [-0.05, 0) is 66.6 Å². The van der Waals surface area contributed by atoms with Crippen molar-refractivity contribution < 1.29 is 19.0 Å². The number of methoxy groups -OCH3 is 3. The van der Waals surface area contributed by atoms with Gasteiger partial charge in [0, 0.05) is 0 Å². The summed E-state index contributed by atoms with van der Waals surface area (Å²) in [6.45, 7) is 0. The minimum absolute atomic E-state index is 0.251. The number of ether oxygens (including phenoxy) is 3. The molecule has 0 radical (unpaired) electrons. The van der Waals surface area contributed by atoms with Crippen LogP contribution in [0.1, 0.15) is 36.0 Å². The Hall–Kier alpha value is -3.20. The second-order valence-electron chi connectivity index (χ2n) is 7.65. The summed E-state index contributed by atoms with van der Waals surface area (Å²) in [6, 6.07) is 13.4. The van der Waals surface area contributed by atoms with E-state index < -0.39 is 11.0 Å². The number of aryl methyl sites for hydroxylation is 1. The van der Waals surface area contributed by atoms with Gasteiger partial charge in [-0.1, -0.05) is 12.1 Å². The number of nitrogens with one attached hydrogen (secondary N) is 1. The quantitative estimate of drug-likeness (QED) is 0.864. The zero-order valence-electron chi connectivity index (χ0n) is 16.9. The Morgan fingerprint density at radius 2 is 1.66 bits per heavy atom. The molecule has 2 aliphatic rings. The Morgan fingerprint density at radius 3 is 2.24 bits per heavy atom. The van der Waals surface area contributed by atoms with Gasteiger partial charge in [0.25, 0.3) is 0 Å². The Balaban J connectivity index is 1.69. The highest BCUT2D eigenvalue weighted by Gasteiger charge is 2.53. The number of rotatable bonds is 4. The fourth-order valence-corrected chi connectivity index (χ4v) is 4.67. The lowest BCUT2D eigenvalue weighted by Crippen LogP contribution is -2.57. The molecule has 1 N–H and O–H groups in total. The van der Waals surface area contributed by atoms with E-state index in [2.05, 4.69) is 11.4 Å². The molecule has 29 heavy (non-hydrogen) atoms. The number of fused-ring (bicyclic) bond motifs is 2. The molecule has 1 saturated heterocycles. The maximum Gasteiger partial charge on any atom is 0.245 e. The van der Waals surface area contributed by atoms with Crippen molar-refractivity contribution in [2.24, 2.45) is 0 Å². The molecule has 1 fully saturated rings. The molecule has 0 bridgehead atoms. The SMILES string of the molecule is COc1ccc(C2(C#N)CCC3(CCc4cc(OC)c(OC)cc43)NC2=O)cc1. The average molecular weight is 392 g/mol. The van der Waals surface area contributed by atoms with E-state index in [-0.39, 0.29) is 5.91 Å². The Bertz CT molecular complexity index is 995. The molecule has 0 saturated carbocycles. The van der Waals surface area contributed by atoms with Crippen LogP contribution in [0.25, 0.3) is 0 Å². The minimum Gasteiger partial charge on any atom is -0.497 e. The normalized spacial score (nSPS) is 25.1. The van der Waals surface area contributed by atoms with Crippen LogP contribution < -0.4 is 19.5 Å². The molecule has 2 aromatic rings. The summed E-state index contributed by atoms with van der Waals surface area (Å²) in [4.78, 5) is 13.3. The van der Waals surface area contributed by atoms with Crippen molar-refractivity contribution in [3.05, 3.63) is 53.1 Å². The molecular formula is C23H24N2O4. The van der Waals surface area contributed by atoms with Crippen LogP contribution in [0.3, 0.4) is 0 Å².